The fraction of sp³-hybridized carbons (Fsp3) is 0.647. The van der Waals surface area contributed by atoms with Gasteiger partial charge >= 0.3 is 0 Å². The van der Waals surface area contributed by atoms with Crippen LogP contribution in [0.1, 0.15) is 37.3 Å². The van der Waals surface area contributed by atoms with E-state index in [-0.39, 0.29) is 6.04 Å². The normalized spacial score (nSPS) is 16.2. The molecule has 0 spiro atoms. The van der Waals surface area contributed by atoms with Crippen molar-refractivity contribution in [3.8, 4) is 0 Å². The van der Waals surface area contributed by atoms with Crippen LogP contribution >= 0.6 is 0 Å². The number of methoxy groups -OCH3 is 1. The molecule has 1 fully saturated rings. The molecule has 2 rings (SSSR count). The van der Waals surface area contributed by atoms with E-state index in [1.165, 1.54) is 29.7 Å². The molecule has 0 aromatic heterocycles. The van der Waals surface area contributed by atoms with Crippen molar-refractivity contribution in [1.29, 1.82) is 0 Å². The predicted molar refractivity (Wildman–Crippen MR) is 85.4 cm³/mol. The Balaban J connectivity index is 2.22. The fourth-order valence-electron chi connectivity index (χ4n) is 2.66. The van der Waals surface area contributed by atoms with E-state index in [1.54, 1.807) is 7.11 Å². The lowest BCUT2D eigenvalue weighted by Gasteiger charge is -2.28. The first-order valence-electron chi connectivity index (χ1n) is 7.76. The summed E-state index contributed by atoms with van der Waals surface area (Å²) in [5.74, 6) is 0. The van der Waals surface area contributed by atoms with Crippen LogP contribution in [-0.4, -0.2) is 32.3 Å². The van der Waals surface area contributed by atoms with Crippen LogP contribution in [0.2, 0.25) is 0 Å². The number of rotatable bonds is 8. The molecule has 1 aliphatic carbocycles. The van der Waals surface area contributed by atoms with Crippen molar-refractivity contribution in [3.63, 3.8) is 0 Å². The van der Waals surface area contributed by atoms with Gasteiger partial charge in [0.1, 0.15) is 0 Å². The maximum absolute atomic E-state index is 6.17. The minimum atomic E-state index is 0.249. The number of ether oxygens (including phenoxy) is 1. The number of hydrogen-bond acceptors (Lipinski definition) is 3. The van der Waals surface area contributed by atoms with Crippen LogP contribution in [0, 0.1) is 6.92 Å². The summed E-state index contributed by atoms with van der Waals surface area (Å²) in [4.78, 5) is 2.51. The van der Waals surface area contributed by atoms with Gasteiger partial charge in [0, 0.05) is 31.4 Å². The van der Waals surface area contributed by atoms with E-state index < -0.39 is 0 Å². The van der Waals surface area contributed by atoms with E-state index in [2.05, 4.69) is 36.9 Å². The molecule has 1 unspecified atom stereocenters. The topological polar surface area (TPSA) is 38.5 Å². The molecule has 0 heterocycles. The summed E-state index contributed by atoms with van der Waals surface area (Å²) in [7, 11) is 1.77. The van der Waals surface area contributed by atoms with Crippen LogP contribution < -0.4 is 10.6 Å². The Bertz CT molecular complexity index is 429. The number of nitrogens with two attached hydrogens (primary N) is 1. The van der Waals surface area contributed by atoms with Crippen molar-refractivity contribution in [3.05, 3.63) is 29.3 Å². The second-order valence-corrected chi connectivity index (χ2v) is 5.92. The molecular weight excluding hydrogens is 248 g/mol. The molecule has 3 heteroatoms. The van der Waals surface area contributed by atoms with Gasteiger partial charge in [0.25, 0.3) is 0 Å². The van der Waals surface area contributed by atoms with Gasteiger partial charge in [0.15, 0.2) is 0 Å². The van der Waals surface area contributed by atoms with Crippen LogP contribution in [0.25, 0.3) is 0 Å². The van der Waals surface area contributed by atoms with E-state index in [0.29, 0.717) is 6.04 Å². The average molecular weight is 276 g/mol. The zero-order valence-electron chi connectivity index (χ0n) is 13.1. The SMILES string of the molecule is CCC(N)Cc1cc(C)ccc1N(CCOC)C1CC1. The van der Waals surface area contributed by atoms with E-state index in [9.17, 15) is 0 Å². The van der Waals surface area contributed by atoms with Crippen molar-refractivity contribution in [2.24, 2.45) is 5.73 Å². The first-order chi connectivity index (χ1) is 9.65. The van der Waals surface area contributed by atoms with Gasteiger partial charge in [-0.05, 0) is 44.2 Å². The predicted octanol–water partition coefficient (Wildman–Crippen LogP) is 2.89. The lowest BCUT2D eigenvalue weighted by molar-refractivity contribution is 0.205. The van der Waals surface area contributed by atoms with Crippen LogP contribution in [0.3, 0.4) is 0 Å². The molecule has 2 N–H and O–H groups in total. The molecule has 1 saturated carbocycles. The van der Waals surface area contributed by atoms with E-state index >= 15 is 0 Å². The molecule has 0 saturated heterocycles. The number of aryl methyl sites for hydroxylation is 1. The third-order valence-corrected chi connectivity index (χ3v) is 4.07. The maximum Gasteiger partial charge on any atom is 0.0637 e. The van der Waals surface area contributed by atoms with Crippen LogP contribution in [0.15, 0.2) is 18.2 Å². The van der Waals surface area contributed by atoms with Crippen LogP contribution in [-0.2, 0) is 11.2 Å². The summed E-state index contributed by atoms with van der Waals surface area (Å²) in [6, 6.07) is 7.72. The molecule has 1 atom stereocenters. The molecule has 0 amide bonds. The highest BCUT2D eigenvalue weighted by molar-refractivity contribution is 5.57. The monoisotopic (exact) mass is 276 g/mol. The van der Waals surface area contributed by atoms with Gasteiger partial charge in [-0.3, -0.25) is 0 Å². The second kappa shape index (κ2) is 7.09. The van der Waals surface area contributed by atoms with Crippen molar-refractivity contribution < 1.29 is 4.74 Å². The summed E-state index contributed by atoms with van der Waals surface area (Å²) in [6.45, 7) is 6.06. The zero-order chi connectivity index (χ0) is 14.5. The minimum absolute atomic E-state index is 0.249. The Kier molecular flexibility index (Phi) is 5.44. The van der Waals surface area contributed by atoms with E-state index in [1.807, 2.05) is 0 Å². The van der Waals surface area contributed by atoms with E-state index in [4.69, 9.17) is 10.5 Å². The molecule has 1 aliphatic rings. The lowest BCUT2D eigenvalue weighted by atomic mass is 10.00. The Hall–Kier alpha value is -1.06. The number of anilines is 1. The second-order valence-electron chi connectivity index (χ2n) is 5.92. The summed E-state index contributed by atoms with van der Waals surface area (Å²) in [5.41, 5.74) is 10.2. The molecule has 0 radical (unpaired) electrons. The molecule has 20 heavy (non-hydrogen) atoms. The smallest absolute Gasteiger partial charge is 0.0637 e. The van der Waals surface area contributed by atoms with Gasteiger partial charge in [0.05, 0.1) is 6.61 Å². The Morgan fingerprint density at radius 1 is 1.40 bits per heavy atom. The summed E-state index contributed by atoms with van der Waals surface area (Å²) >= 11 is 0. The van der Waals surface area contributed by atoms with Crippen LogP contribution in [0.4, 0.5) is 5.69 Å². The summed E-state index contributed by atoms with van der Waals surface area (Å²) in [5, 5.41) is 0. The largest absolute Gasteiger partial charge is 0.383 e. The molecule has 1 aromatic rings. The molecule has 3 nitrogen and oxygen atoms in total. The minimum Gasteiger partial charge on any atom is -0.383 e. The van der Waals surface area contributed by atoms with Gasteiger partial charge in [-0.15, -0.1) is 0 Å². The Morgan fingerprint density at radius 3 is 2.75 bits per heavy atom. The Labute approximate surface area is 123 Å². The number of hydrogen-bond donors (Lipinski definition) is 1. The highest BCUT2D eigenvalue weighted by Crippen LogP contribution is 2.34. The molecule has 112 valence electrons. The quantitative estimate of drug-likeness (QED) is 0.793. The summed E-state index contributed by atoms with van der Waals surface area (Å²) < 4.78 is 5.27. The third kappa shape index (κ3) is 3.97. The van der Waals surface area contributed by atoms with Gasteiger partial charge in [0.2, 0.25) is 0 Å². The third-order valence-electron chi connectivity index (χ3n) is 4.07. The standard InChI is InChI=1S/C17H28N2O/c1-4-15(18)12-14-11-13(2)5-8-17(14)19(9-10-20-3)16-6-7-16/h5,8,11,15-16H,4,6-7,9-10,12,18H2,1-3H3. The van der Waals surface area contributed by atoms with Gasteiger partial charge in [-0.2, -0.15) is 0 Å². The lowest BCUT2D eigenvalue weighted by Crippen LogP contribution is -2.31. The maximum atomic E-state index is 6.17. The van der Waals surface area contributed by atoms with Gasteiger partial charge in [-0.25, -0.2) is 0 Å². The highest BCUT2D eigenvalue weighted by atomic mass is 16.5. The van der Waals surface area contributed by atoms with Crippen LogP contribution in [0.5, 0.6) is 0 Å². The van der Waals surface area contributed by atoms with Crippen molar-refractivity contribution >= 4 is 5.69 Å². The van der Waals surface area contributed by atoms with Crippen molar-refractivity contribution in [2.75, 3.05) is 25.2 Å². The Morgan fingerprint density at radius 2 is 2.15 bits per heavy atom. The molecule has 0 aliphatic heterocycles. The van der Waals surface area contributed by atoms with Gasteiger partial charge < -0.3 is 15.4 Å². The first-order valence-corrected chi connectivity index (χ1v) is 7.76. The van der Waals surface area contributed by atoms with E-state index in [0.717, 1.165) is 26.0 Å². The molecule has 0 bridgehead atoms. The number of nitrogens with zero attached hydrogens (tertiary/aromatic N) is 1. The van der Waals surface area contributed by atoms with Crippen molar-refractivity contribution in [1.82, 2.24) is 0 Å². The average Bonchev–Trinajstić information content (AvgIpc) is 3.25. The number of benzene rings is 1. The van der Waals surface area contributed by atoms with Gasteiger partial charge in [-0.1, -0.05) is 24.6 Å². The summed E-state index contributed by atoms with van der Waals surface area (Å²) in [6.07, 6.45) is 4.59. The zero-order valence-corrected chi connectivity index (χ0v) is 13.1. The van der Waals surface area contributed by atoms with Crippen molar-refractivity contribution in [2.45, 2.75) is 51.6 Å². The highest BCUT2D eigenvalue weighted by Gasteiger charge is 2.30. The molecule has 1 aromatic carbocycles. The molecular formula is C17H28N2O. The first kappa shape index (κ1) is 15.3. The fourth-order valence-corrected chi connectivity index (χ4v) is 2.66.